The van der Waals surface area contributed by atoms with E-state index in [1.165, 1.54) is 186 Å². The number of unbranched alkanes of at least 4 members (excludes halogenated alkanes) is 34. The fourth-order valence-corrected chi connectivity index (χ4v) is 9.69. The quantitative estimate of drug-likeness (QED) is 0.0215. The molecule has 1 amide bonds. The lowest BCUT2D eigenvalue weighted by Gasteiger charge is -2.40. The van der Waals surface area contributed by atoms with E-state index in [0.717, 1.165) is 44.9 Å². The molecule has 11 heteroatoms. The maximum absolute atomic E-state index is 13.2. The van der Waals surface area contributed by atoms with Crippen LogP contribution < -0.4 is 5.32 Å². The van der Waals surface area contributed by atoms with Gasteiger partial charge in [-0.15, -0.1) is 0 Å². The molecule has 424 valence electrons. The molecule has 9 atom stereocenters. The molecule has 0 saturated carbocycles. The highest BCUT2D eigenvalue weighted by molar-refractivity contribution is 5.80. The van der Waals surface area contributed by atoms with Crippen molar-refractivity contribution in [1.29, 1.82) is 0 Å². The van der Waals surface area contributed by atoms with Gasteiger partial charge in [-0.1, -0.05) is 237 Å². The molecule has 8 N–H and O–H groups in total. The summed E-state index contributed by atoms with van der Waals surface area (Å²) < 4.78 is 11.1. The number of hydrogen-bond acceptors (Lipinski definition) is 10. The molecular weight excluding hydrogens is 907 g/mol. The first-order chi connectivity index (χ1) is 35.2. The summed E-state index contributed by atoms with van der Waals surface area (Å²) in [6.45, 7) is 3.47. The van der Waals surface area contributed by atoms with Gasteiger partial charge in [0.05, 0.1) is 25.4 Å². The monoisotopic (exact) mass is 1020 g/mol. The van der Waals surface area contributed by atoms with Crippen LogP contribution in [0.3, 0.4) is 0 Å². The first-order valence-corrected chi connectivity index (χ1v) is 30.4. The van der Waals surface area contributed by atoms with Crippen LogP contribution in [0.1, 0.15) is 277 Å². The molecule has 11 nitrogen and oxygen atoms in total. The summed E-state index contributed by atoms with van der Waals surface area (Å²) in [5.41, 5.74) is 0. The second-order valence-electron chi connectivity index (χ2n) is 21.4. The van der Waals surface area contributed by atoms with Crippen molar-refractivity contribution < 1.29 is 50.0 Å². The summed E-state index contributed by atoms with van der Waals surface area (Å²) in [6.07, 6.45) is 50.6. The van der Waals surface area contributed by atoms with E-state index in [4.69, 9.17) is 9.47 Å². The van der Waals surface area contributed by atoms with Crippen molar-refractivity contribution in [2.75, 3.05) is 13.2 Å². The highest BCUT2D eigenvalue weighted by Crippen LogP contribution is 2.23. The summed E-state index contributed by atoms with van der Waals surface area (Å²) in [5, 5.41) is 76.2. The molecule has 9 unspecified atom stereocenters. The van der Waals surface area contributed by atoms with Crippen LogP contribution in [0.2, 0.25) is 0 Å². The Morgan fingerprint density at radius 3 is 1.24 bits per heavy atom. The minimum Gasteiger partial charge on any atom is -0.394 e. The van der Waals surface area contributed by atoms with E-state index < -0.39 is 74.2 Å². The first-order valence-electron chi connectivity index (χ1n) is 30.4. The van der Waals surface area contributed by atoms with Gasteiger partial charge in [0.1, 0.15) is 36.6 Å². The maximum Gasteiger partial charge on any atom is 0.249 e. The molecular formula is C61H115NO10. The number of carbonyl (C=O) groups is 1. The molecule has 1 saturated heterocycles. The average Bonchev–Trinajstić information content (AvgIpc) is 3.38. The van der Waals surface area contributed by atoms with E-state index in [0.29, 0.717) is 19.3 Å². The number of rotatable bonds is 52. The number of amides is 1. The Morgan fingerprint density at radius 1 is 0.472 bits per heavy atom. The Morgan fingerprint density at radius 2 is 0.833 bits per heavy atom. The van der Waals surface area contributed by atoms with Gasteiger partial charge < -0.3 is 50.5 Å². The highest BCUT2D eigenvalue weighted by Gasteiger charge is 2.44. The number of carbonyl (C=O) groups excluding carboxylic acids is 1. The summed E-state index contributed by atoms with van der Waals surface area (Å²) in [4.78, 5) is 13.2. The van der Waals surface area contributed by atoms with Crippen molar-refractivity contribution >= 4 is 5.91 Å². The summed E-state index contributed by atoms with van der Waals surface area (Å²) in [5.74, 6) is -0.711. The predicted molar refractivity (Wildman–Crippen MR) is 298 cm³/mol. The second kappa shape index (κ2) is 50.2. The predicted octanol–water partition coefficient (Wildman–Crippen LogP) is 13.1. The zero-order valence-corrected chi connectivity index (χ0v) is 46.4. The van der Waals surface area contributed by atoms with Gasteiger partial charge in [0, 0.05) is 0 Å². The van der Waals surface area contributed by atoms with Gasteiger partial charge in [-0.3, -0.25) is 4.79 Å². The highest BCUT2D eigenvalue weighted by atomic mass is 16.7. The van der Waals surface area contributed by atoms with Gasteiger partial charge in [0.2, 0.25) is 5.91 Å². The van der Waals surface area contributed by atoms with Crippen LogP contribution in [0.25, 0.3) is 0 Å². The van der Waals surface area contributed by atoms with E-state index in [9.17, 15) is 40.5 Å². The second-order valence-corrected chi connectivity index (χ2v) is 21.4. The van der Waals surface area contributed by atoms with Crippen molar-refractivity contribution in [3.05, 3.63) is 36.5 Å². The maximum atomic E-state index is 13.2. The zero-order chi connectivity index (χ0) is 52.5. The molecule has 0 radical (unpaired) electrons. The molecule has 1 fully saturated rings. The molecule has 1 aliphatic heterocycles. The molecule has 0 aromatic carbocycles. The van der Waals surface area contributed by atoms with Crippen molar-refractivity contribution in [2.45, 2.75) is 332 Å². The smallest absolute Gasteiger partial charge is 0.249 e. The van der Waals surface area contributed by atoms with Crippen LogP contribution in [0.15, 0.2) is 36.5 Å². The Balaban J connectivity index is 2.33. The minimum atomic E-state index is -1.67. The van der Waals surface area contributed by atoms with Crippen molar-refractivity contribution in [3.63, 3.8) is 0 Å². The lowest BCUT2D eigenvalue weighted by molar-refractivity contribution is -0.303. The van der Waals surface area contributed by atoms with Gasteiger partial charge in [-0.25, -0.2) is 0 Å². The Bertz CT molecular complexity index is 1260. The molecule has 0 aromatic rings. The van der Waals surface area contributed by atoms with Gasteiger partial charge in [0.25, 0.3) is 0 Å². The number of allylic oxidation sites excluding steroid dienone is 6. The SMILES string of the molecule is CCCCCCCCCCCCCC/C=C\CCCCCCCCCC(O)C(=O)NC(COC1OC(CO)C(O)C(O)C1O)C(O)C(O)CCC/C=C/CC/C=C/CCCCCCCCCCCCCCC. The van der Waals surface area contributed by atoms with Crippen molar-refractivity contribution in [2.24, 2.45) is 0 Å². The molecule has 0 bridgehead atoms. The Kier molecular flexibility index (Phi) is 47.6. The third-order valence-corrected chi connectivity index (χ3v) is 14.6. The van der Waals surface area contributed by atoms with Gasteiger partial charge in [-0.2, -0.15) is 0 Å². The standard InChI is InChI=1S/C61H115NO10/c1-3-5-7-9-11-13-15-17-19-21-23-25-27-29-31-33-35-37-39-41-43-45-47-49-54(65)60(70)62-52(51-71-61-59(69)58(68)57(67)55(50-63)72-61)56(66)53(64)48-46-44-42-40-38-36-34-32-30-28-26-24-22-20-18-16-14-12-10-8-6-4-2/h29,31-32,34,40,42,52-59,61,63-69H,3-28,30,33,35-39,41,43-51H2,1-2H3,(H,62,70)/b31-29-,34-32+,42-40+. The van der Waals surface area contributed by atoms with Crippen LogP contribution in [-0.2, 0) is 14.3 Å². The third kappa shape index (κ3) is 38.0. The average molecular weight is 1020 g/mol. The lowest BCUT2D eigenvalue weighted by Crippen LogP contribution is -2.60. The van der Waals surface area contributed by atoms with Crippen LogP contribution >= 0.6 is 0 Å². The fraction of sp³-hybridized carbons (Fsp3) is 0.885. The van der Waals surface area contributed by atoms with E-state index in [1.807, 2.05) is 0 Å². The number of aliphatic hydroxyl groups excluding tert-OH is 7. The molecule has 0 aliphatic carbocycles. The molecule has 1 heterocycles. The Labute approximate surface area is 441 Å². The van der Waals surface area contributed by atoms with Gasteiger partial charge >= 0.3 is 0 Å². The molecule has 0 aromatic heterocycles. The van der Waals surface area contributed by atoms with Crippen LogP contribution in [0.5, 0.6) is 0 Å². The van der Waals surface area contributed by atoms with Crippen LogP contribution in [0, 0.1) is 0 Å². The van der Waals surface area contributed by atoms with Crippen molar-refractivity contribution in [1.82, 2.24) is 5.32 Å². The summed E-state index contributed by atoms with van der Waals surface area (Å²) in [6, 6.07) is -1.19. The number of aliphatic hydroxyl groups is 7. The minimum absolute atomic E-state index is 0.246. The normalized spacial score (nSPS) is 20.3. The molecule has 1 rings (SSSR count). The zero-order valence-electron chi connectivity index (χ0n) is 46.4. The van der Waals surface area contributed by atoms with Gasteiger partial charge in [0.15, 0.2) is 6.29 Å². The van der Waals surface area contributed by atoms with Crippen LogP contribution in [-0.4, -0.2) is 110 Å². The third-order valence-electron chi connectivity index (χ3n) is 14.6. The number of hydrogen-bond donors (Lipinski definition) is 8. The summed E-state index contributed by atoms with van der Waals surface area (Å²) in [7, 11) is 0. The summed E-state index contributed by atoms with van der Waals surface area (Å²) >= 11 is 0. The van der Waals surface area contributed by atoms with E-state index in [-0.39, 0.29) is 12.8 Å². The molecule has 0 spiro atoms. The van der Waals surface area contributed by atoms with E-state index >= 15 is 0 Å². The van der Waals surface area contributed by atoms with Crippen LogP contribution in [0.4, 0.5) is 0 Å². The van der Waals surface area contributed by atoms with E-state index in [2.05, 4.69) is 55.6 Å². The largest absolute Gasteiger partial charge is 0.394 e. The van der Waals surface area contributed by atoms with Gasteiger partial charge in [-0.05, 0) is 77.0 Å². The first kappa shape index (κ1) is 68.3. The topological polar surface area (TPSA) is 189 Å². The fourth-order valence-electron chi connectivity index (χ4n) is 9.69. The molecule has 72 heavy (non-hydrogen) atoms. The van der Waals surface area contributed by atoms with Crippen molar-refractivity contribution in [3.8, 4) is 0 Å². The number of nitrogens with one attached hydrogen (secondary N) is 1. The number of ether oxygens (including phenoxy) is 2. The Hall–Kier alpha value is -1.67. The van der Waals surface area contributed by atoms with E-state index in [1.54, 1.807) is 0 Å². The lowest BCUT2D eigenvalue weighted by atomic mass is 9.98. The molecule has 1 aliphatic rings.